The van der Waals surface area contributed by atoms with Crippen molar-refractivity contribution < 1.29 is 5.11 Å². The molecule has 0 aromatic carbocycles. The average Bonchev–Trinajstić information content (AvgIpc) is 2.39. The van der Waals surface area contributed by atoms with Gasteiger partial charge in [-0.05, 0) is 68.1 Å². The molecule has 0 saturated heterocycles. The molecule has 5 aliphatic rings. The second-order valence-corrected chi connectivity index (χ2v) is 6.16. The standard InChI is InChI=1S/C12H18O/c13-12-4-7-3-8(5-12)10-2-1-9(7)11(10)6-12/h7-11,13H,1-6H2. The van der Waals surface area contributed by atoms with E-state index in [0.29, 0.717) is 0 Å². The predicted molar refractivity (Wildman–Crippen MR) is 50.1 cm³/mol. The van der Waals surface area contributed by atoms with Gasteiger partial charge in [0.1, 0.15) is 0 Å². The van der Waals surface area contributed by atoms with Crippen LogP contribution >= 0.6 is 0 Å². The highest BCUT2D eigenvalue weighted by Gasteiger charge is 2.60. The molecule has 1 heteroatoms. The quantitative estimate of drug-likeness (QED) is 0.603. The molecular formula is C12H18O. The molecule has 0 radical (unpaired) electrons. The Morgan fingerprint density at radius 1 is 0.846 bits per heavy atom. The molecule has 4 unspecified atom stereocenters. The van der Waals surface area contributed by atoms with Crippen LogP contribution in [0.4, 0.5) is 0 Å². The zero-order valence-corrected chi connectivity index (χ0v) is 8.08. The maximum Gasteiger partial charge on any atom is 0.0656 e. The van der Waals surface area contributed by atoms with E-state index in [-0.39, 0.29) is 5.60 Å². The Kier molecular flexibility index (Phi) is 1.11. The summed E-state index contributed by atoms with van der Waals surface area (Å²) in [7, 11) is 0. The van der Waals surface area contributed by atoms with Gasteiger partial charge in [0.2, 0.25) is 0 Å². The maximum absolute atomic E-state index is 10.4. The zero-order valence-electron chi connectivity index (χ0n) is 8.08. The fourth-order valence-corrected chi connectivity index (χ4v) is 5.48. The van der Waals surface area contributed by atoms with E-state index in [4.69, 9.17) is 0 Å². The lowest BCUT2D eigenvalue weighted by Gasteiger charge is -2.58. The molecule has 5 fully saturated rings. The van der Waals surface area contributed by atoms with Crippen molar-refractivity contribution in [1.82, 2.24) is 0 Å². The van der Waals surface area contributed by atoms with E-state index in [0.717, 1.165) is 48.9 Å². The summed E-state index contributed by atoms with van der Waals surface area (Å²) in [5, 5.41) is 10.4. The Balaban J connectivity index is 1.83. The third-order valence-electron chi connectivity index (χ3n) is 5.65. The van der Waals surface area contributed by atoms with Crippen LogP contribution in [0.5, 0.6) is 0 Å². The van der Waals surface area contributed by atoms with Gasteiger partial charge in [-0.3, -0.25) is 0 Å². The highest BCUT2D eigenvalue weighted by molar-refractivity contribution is 5.11. The molecule has 5 aliphatic carbocycles. The van der Waals surface area contributed by atoms with Crippen LogP contribution in [0.1, 0.15) is 38.5 Å². The fourth-order valence-electron chi connectivity index (χ4n) is 5.48. The van der Waals surface area contributed by atoms with Gasteiger partial charge in [0.15, 0.2) is 0 Å². The van der Waals surface area contributed by atoms with Crippen molar-refractivity contribution in [2.24, 2.45) is 29.6 Å². The number of hydrogen-bond donors (Lipinski definition) is 1. The molecule has 72 valence electrons. The Morgan fingerprint density at radius 2 is 1.46 bits per heavy atom. The summed E-state index contributed by atoms with van der Waals surface area (Å²) in [4.78, 5) is 0. The molecule has 0 amide bonds. The van der Waals surface area contributed by atoms with Gasteiger partial charge in [-0.2, -0.15) is 0 Å². The van der Waals surface area contributed by atoms with Crippen molar-refractivity contribution >= 4 is 0 Å². The van der Waals surface area contributed by atoms with Gasteiger partial charge < -0.3 is 5.11 Å². The highest BCUT2D eigenvalue weighted by Crippen LogP contribution is 2.66. The minimum absolute atomic E-state index is 0.199. The fraction of sp³-hybridized carbons (Fsp3) is 1.00. The Labute approximate surface area is 79.5 Å². The number of rotatable bonds is 0. The highest BCUT2D eigenvalue weighted by atomic mass is 16.3. The Morgan fingerprint density at radius 3 is 2.08 bits per heavy atom. The SMILES string of the molecule is OC12CC3CC(C1)C1CCC3C1C2. The molecule has 0 heterocycles. The first kappa shape index (κ1) is 7.28. The normalized spacial score (nSPS) is 67.6. The van der Waals surface area contributed by atoms with E-state index >= 15 is 0 Å². The lowest BCUT2D eigenvalue weighted by molar-refractivity contribution is -0.158. The van der Waals surface area contributed by atoms with Crippen LogP contribution < -0.4 is 0 Å². The van der Waals surface area contributed by atoms with Crippen molar-refractivity contribution in [1.29, 1.82) is 0 Å². The first-order valence-electron chi connectivity index (χ1n) is 5.98. The number of hydrogen-bond acceptors (Lipinski definition) is 1. The summed E-state index contributed by atoms with van der Waals surface area (Å²) in [6.07, 6.45) is 7.91. The summed E-state index contributed by atoms with van der Waals surface area (Å²) < 4.78 is 0. The molecule has 0 aliphatic heterocycles. The Hall–Kier alpha value is -0.0400. The lowest BCUT2D eigenvalue weighted by Crippen LogP contribution is -2.55. The maximum atomic E-state index is 10.4. The van der Waals surface area contributed by atoms with Crippen molar-refractivity contribution in [2.75, 3.05) is 0 Å². The summed E-state index contributed by atoms with van der Waals surface area (Å²) >= 11 is 0. The minimum atomic E-state index is -0.199. The molecular weight excluding hydrogens is 160 g/mol. The molecule has 0 spiro atoms. The summed E-state index contributed by atoms with van der Waals surface area (Å²) in [5.74, 6) is 4.84. The third kappa shape index (κ3) is 0.743. The molecule has 0 aromatic heterocycles. The molecule has 4 atom stereocenters. The van der Waals surface area contributed by atoms with Crippen LogP contribution in [0.25, 0.3) is 0 Å². The van der Waals surface area contributed by atoms with E-state index in [9.17, 15) is 5.11 Å². The molecule has 1 N–H and O–H groups in total. The van der Waals surface area contributed by atoms with Crippen LogP contribution in [0.2, 0.25) is 0 Å². The topological polar surface area (TPSA) is 20.2 Å². The van der Waals surface area contributed by atoms with Crippen LogP contribution in [0, 0.1) is 29.6 Å². The van der Waals surface area contributed by atoms with E-state index in [1.165, 1.54) is 19.3 Å². The van der Waals surface area contributed by atoms with Crippen molar-refractivity contribution in [3.63, 3.8) is 0 Å². The zero-order chi connectivity index (χ0) is 8.63. The largest absolute Gasteiger partial charge is 0.390 e. The van der Waals surface area contributed by atoms with E-state index < -0.39 is 0 Å². The Bertz CT molecular complexity index is 240. The molecule has 5 saturated carbocycles. The predicted octanol–water partition coefficient (Wildman–Crippen LogP) is 2.19. The minimum Gasteiger partial charge on any atom is -0.390 e. The van der Waals surface area contributed by atoms with Crippen LogP contribution in [0.15, 0.2) is 0 Å². The van der Waals surface area contributed by atoms with E-state index in [1.807, 2.05) is 0 Å². The van der Waals surface area contributed by atoms with Crippen LogP contribution in [0.3, 0.4) is 0 Å². The first-order valence-corrected chi connectivity index (χ1v) is 5.98. The first-order chi connectivity index (χ1) is 6.25. The summed E-state index contributed by atoms with van der Waals surface area (Å²) in [6.45, 7) is 0. The smallest absolute Gasteiger partial charge is 0.0656 e. The molecule has 5 rings (SSSR count). The van der Waals surface area contributed by atoms with Gasteiger partial charge in [0.05, 0.1) is 5.60 Å². The van der Waals surface area contributed by atoms with Crippen molar-refractivity contribution in [3.8, 4) is 0 Å². The van der Waals surface area contributed by atoms with Gasteiger partial charge in [-0.15, -0.1) is 0 Å². The summed E-state index contributed by atoms with van der Waals surface area (Å²) in [6, 6.07) is 0. The van der Waals surface area contributed by atoms with E-state index in [2.05, 4.69) is 0 Å². The van der Waals surface area contributed by atoms with Crippen molar-refractivity contribution in [3.05, 3.63) is 0 Å². The number of aliphatic hydroxyl groups is 1. The average molecular weight is 178 g/mol. The summed E-state index contributed by atoms with van der Waals surface area (Å²) in [5.41, 5.74) is -0.199. The van der Waals surface area contributed by atoms with E-state index in [1.54, 1.807) is 0 Å². The van der Waals surface area contributed by atoms with Gasteiger partial charge in [-0.1, -0.05) is 0 Å². The second kappa shape index (κ2) is 1.98. The van der Waals surface area contributed by atoms with Crippen LogP contribution in [-0.2, 0) is 0 Å². The monoisotopic (exact) mass is 178 g/mol. The van der Waals surface area contributed by atoms with Crippen molar-refractivity contribution in [2.45, 2.75) is 44.1 Å². The van der Waals surface area contributed by atoms with Gasteiger partial charge in [0.25, 0.3) is 0 Å². The lowest BCUT2D eigenvalue weighted by atomic mass is 9.49. The molecule has 0 aromatic rings. The van der Waals surface area contributed by atoms with Gasteiger partial charge in [0, 0.05) is 0 Å². The molecule has 13 heavy (non-hydrogen) atoms. The molecule has 6 bridgehead atoms. The molecule has 1 nitrogen and oxygen atoms in total. The van der Waals surface area contributed by atoms with Gasteiger partial charge in [-0.25, -0.2) is 0 Å². The second-order valence-electron chi connectivity index (χ2n) is 6.16. The van der Waals surface area contributed by atoms with Crippen LogP contribution in [-0.4, -0.2) is 10.7 Å². The van der Waals surface area contributed by atoms with Gasteiger partial charge >= 0.3 is 0 Å². The third-order valence-corrected chi connectivity index (χ3v) is 5.65.